The van der Waals surface area contributed by atoms with Crippen LogP contribution in [0, 0.1) is 0 Å². The molecule has 0 aliphatic carbocycles. The number of aliphatic carboxylic acids is 1. The lowest BCUT2D eigenvalue weighted by molar-refractivity contribution is -0.151. The van der Waals surface area contributed by atoms with Crippen molar-refractivity contribution in [1.29, 1.82) is 0 Å². The van der Waals surface area contributed by atoms with Gasteiger partial charge in [0.1, 0.15) is 6.10 Å². The monoisotopic (exact) mass is 304 g/mol. The highest BCUT2D eigenvalue weighted by atomic mass is 35.5. The van der Waals surface area contributed by atoms with Crippen molar-refractivity contribution in [3.63, 3.8) is 0 Å². The van der Waals surface area contributed by atoms with E-state index in [1.165, 1.54) is 0 Å². The minimum absolute atomic E-state index is 0.124. The van der Waals surface area contributed by atoms with Gasteiger partial charge < -0.3 is 9.84 Å². The first-order chi connectivity index (χ1) is 8.88. The van der Waals surface area contributed by atoms with E-state index in [1.807, 2.05) is 0 Å². The zero-order valence-electron chi connectivity index (χ0n) is 10.4. The molecule has 0 aliphatic rings. The molecule has 0 bridgehead atoms. The number of hydrogen-bond acceptors (Lipinski definition) is 3. The largest absolute Gasteiger partial charge is 0.481 e. The molecule has 19 heavy (non-hydrogen) atoms. The molecule has 1 rings (SSSR count). The Morgan fingerprint density at radius 1 is 1.26 bits per heavy atom. The number of carbonyl (C=O) groups excluding carboxylic acids is 1. The summed E-state index contributed by atoms with van der Waals surface area (Å²) in [6, 6.07) is 5.19. The van der Waals surface area contributed by atoms with E-state index in [-0.39, 0.29) is 18.9 Å². The van der Waals surface area contributed by atoms with E-state index in [4.69, 9.17) is 33.0 Å². The maximum atomic E-state index is 11.3. The second-order valence-corrected chi connectivity index (χ2v) is 4.96. The maximum Gasteiger partial charge on any atom is 0.306 e. The third-order valence-corrected chi connectivity index (χ3v) is 3.12. The molecule has 1 aromatic rings. The van der Waals surface area contributed by atoms with Crippen molar-refractivity contribution in [2.24, 2.45) is 0 Å². The zero-order chi connectivity index (χ0) is 14.4. The van der Waals surface area contributed by atoms with Crippen molar-refractivity contribution in [2.45, 2.75) is 32.3 Å². The Bertz CT molecular complexity index is 474. The van der Waals surface area contributed by atoms with Crippen LogP contribution >= 0.6 is 23.2 Å². The minimum Gasteiger partial charge on any atom is -0.481 e. The standard InChI is InChI=1S/C13H14Cl2O4/c1-8(19-13(18)5-4-12(16)17)6-9-2-3-10(14)11(15)7-9/h2-3,7-8H,4-6H2,1H3,(H,16,17). The highest BCUT2D eigenvalue weighted by Gasteiger charge is 2.12. The third kappa shape index (κ3) is 5.94. The zero-order valence-corrected chi connectivity index (χ0v) is 11.9. The predicted octanol–water partition coefficient (Wildman–Crippen LogP) is 3.33. The fraction of sp³-hybridized carbons (Fsp3) is 0.385. The van der Waals surface area contributed by atoms with Crippen molar-refractivity contribution < 1.29 is 19.4 Å². The molecule has 0 radical (unpaired) electrons. The van der Waals surface area contributed by atoms with Crippen LogP contribution in [0.15, 0.2) is 18.2 Å². The number of carboxylic acid groups (broad SMARTS) is 1. The van der Waals surface area contributed by atoms with Crippen LogP contribution in [0.2, 0.25) is 10.0 Å². The van der Waals surface area contributed by atoms with E-state index in [1.54, 1.807) is 25.1 Å². The van der Waals surface area contributed by atoms with Crippen molar-refractivity contribution >= 4 is 35.1 Å². The third-order valence-electron chi connectivity index (χ3n) is 2.38. The van der Waals surface area contributed by atoms with E-state index in [9.17, 15) is 9.59 Å². The van der Waals surface area contributed by atoms with Gasteiger partial charge in [0.05, 0.1) is 22.9 Å². The van der Waals surface area contributed by atoms with Gasteiger partial charge in [0, 0.05) is 6.42 Å². The van der Waals surface area contributed by atoms with Crippen LogP contribution in [0.5, 0.6) is 0 Å². The van der Waals surface area contributed by atoms with E-state index >= 15 is 0 Å². The Morgan fingerprint density at radius 2 is 1.95 bits per heavy atom. The van der Waals surface area contributed by atoms with Crippen molar-refractivity contribution in [1.82, 2.24) is 0 Å². The van der Waals surface area contributed by atoms with Gasteiger partial charge >= 0.3 is 11.9 Å². The van der Waals surface area contributed by atoms with Crippen LogP contribution < -0.4 is 0 Å². The Kier molecular flexibility index (Phi) is 6.12. The quantitative estimate of drug-likeness (QED) is 0.819. The fourth-order valence-corrected chi connectivity index (χ4v) is 1.85. The fourth-order valence-electron chi connectivity index (χ4n) is 1.53. The van der Waals surface area contributed by atoms with E-state index in [0.717, 1.165) is 5.56 Å². The minimum atomic E-state index is -1.02. The van der Waals surface area contributed by atoms with Gasteiger partial charge in [-0.15, -0.1) is 0 Å². The topological polar surface area (TPSA) is 63.6 Å². The molecule has 0 aromatic heterocycles. The Labute approximate surface area is 121 Å². The lowest BCUT2D eigenvalue weighted by atomic mass is 10.1. The first-order valence-electron chi connectivity index (χ1n) is 5.73. The van der Waals surface area contributed by atoms with E-state index in [2.05, 4.69) is 0 Å². The lowest BCUT2D eigenvalue weighted by Crippen LogP contribution is -2.18. The van der Waals surface area contributed by atoms with Gasteiger partial charge in [-0.2, -0.15) is 0 Å². The van der Waals surface area contributed by atoms with Gasteiger partial charge in [0.25, 0.3) is 0 Å². The molecular weight excluding hydrogens is 291 g/mol. The van der Waals surface area contributed by atoms with Gasteiger partial charge in [-0.05, 0) is 24.6 Å². The highest BCUT2D eigenvalue weighted by Crippen LogP contribution is 2.23. The number of benzene rings is 1. The molecule has 0 spiro atoms. The van der Waals surface area contributed by atoms with Crippen LogP contribution in [-0.2, 0) is 20.7 Å². The van der Waals surface area contributed by atoms with Crippen LogP contribution in [0.4, 0.5) is 0 Å². The molecule has 6 heteroatoms. The normalized spacial score (nSPS) is 11.9. The first kappa shape index (κ1) is 15.8. The smallest absolute Gasteiger partial charge is 0.306 e. The molecule has 0 saturated carbocycles. The van der Waals surface area contributed by atoms with Gasteiger partial charge in [-0.25, -0.2) is 0 Å². The summed E-state index contributed by atoms with van der Waals surface area (Å²) < 4.78 is 5.10. The van der Waals surface area contributed by atoms with E-state index < -0.39 is 11.9 Å². The molecule has 104 valence electrons. The molecule has 0 aliphatic heterocycles. The number of carbonyl (C=O) groups is 2. The molecule has 4 nitrogen and oxygen atoms in total. The number of halogens is 2. The number of ether oxygens (including phenoxy) is 1. The molecule has 0 saturated heterocycles. The number of esters is 1. The molecule has 0 fully saturated rings. The molecule has 1 aromatic carbocycles. The van der Waals surface area contributed by atoms with Crippen LogP contribution in [0.1, 0.15) is 25.3 Å². The predicted molar refractivity (Wildman–Crippen MR) is 72.6 cm³/mol. The molecule has 0 amide bonds. The van der Waals surface area contributed by atoms with E-state index in [0.29, 0.717) is 16.5 Å². The first-order valence-corrected chi connectivity index (χ1v) is 6.49. The average molecular weight is 305 g/mol. The maximum absolute atomic E-state index is 11.3. The summed E-state index contributed by atoms with van der Waals surface area (Å²) in [5.41, 5.74) is 0.896. The van der Waals surface area contributed by atoms with Crippen LogP contribution in [-0.4, -0.2) is 23.1 Å². The summed E-state index contributed by atoms with van der Waals surface area (Å²) in [6.45, 7) is 1.74. The number of rotatable bonds is 6. The Balaban J connectivity index is 2.46. The number of hydrogen-bond donors (Lipinski definition) is 1. The van der Waals surface area contributed by atoms with Crippen LogP contribution in [0.3, 0.4) is 0 Å². The summed E-state index contributed by atoms with van der Waals surface area (Å²) >= 11 is 11.7. The van der Waals surface area contributed by atoms with Gasteiger partial charge in [-0.1, -0.05) is 29.3 Å². The second-order valence-electron chi connectivity index (χ2n) is 4.15. The summed E-state index contributed by atoms with van der Waals surface area (Å²) in [7, 11) is 0. The van der Waals surface area contributed by atoms with Crippen molar-refractivity contribution in [3.8, 4) is 0 Å². The molecule has 1 atom stereocenters. The van der Waals surface area contributed by atoms with Crippen molar-refractivity contribution in [3.05, 3.63) is 33.8 Å². The second kappa shape index (κ2) is 7.36. The lowest BCUT2D eigenvalue weighted by Gasteiger charge is -2.13. The van der Waals surface area contributed by atoms with Gasteiger partial charge in [0.2, 0.25) is 0 Å². The SMILES string of the molecule is CC(Cc1ccc(Cl)c(Cl)c1)OC(=O)CCC(=O)O. The van der Waals surface area contributed by atoms with Crippen LogP contribution in [0.25, 0.3) is 0 Å². The molecule has 1 unspecified atom stereocenters. The summed E-state index contributed by atoms with van der Waals surface area (Å²) in [4.78, 5) is 21.7. The summed E-state index contributed by atoms with van der Waals surface area (Å²) in [5, 5.41) is 9.37. The Morgan fingerprint density at radius 3 is 2.53 bits per heavy atom. The molecule has 1 N–H and O–H groups in total. The Hall–Kier alpha value is -1.26. The highest BCUT2D eigenvalue weighted by molar-refractivity contribution is 6.42. The average Bonchev–Trinajstić information content (AvgIpc) is 2.31. The number of carboxylic acids is 1. The summed E-state index contributed by atoms with van der Waals surface area (Å²) in [5.74, 6) is -1.54. The molecular formula is C13H14Cl2O4. The van der Waals surface area contributed by atoms with Gasteiger partial charge in [0.15, 0.2) is 0 Å². The van der Waals surface area contributed by atoms with Gasteiger partial charge in [-0.3, -0.25) is 9.59 Å². The molecule has 0 heterocycles. The summed E-state index contributed by atoms with van der Waals surface area (Å²) in [6.07, 6.45) is -0.201. The van der Waals surface area contributed by atoms with Crippen molar-refractivity contribution in [2.75, 3.05) is 0 Å².